The summed E-state index contributed by atoms with van der Waals surface area (Å²) >= 11 is 0. The summed E-state index contributed by atoms with van der Waals surface area (Å²) in [6.45, 7) is 7.63. The van der Waals surface area contributed by atoms with E-state index < -0.39 is 0 Å². The summed E-state index contributed by atoms with van der Waals surface area (Å²) in [6, 6.07) is -0.194. The summed E-state index contributed by atoms with van der Waals surface area (Å²) in [4.78, 5) is 13.6. The Morgan fingerprint density at radius 2 is 1.71 bits per heavy atom. The molecule has 1 unspecified atom stereocenters. The molecule has 0 aromatic carbocycles. The van der Waals surface area contributed by atoms with Crippen LogP contribution in [0.4, 0.5) is 0 Å². The molecule has 0 radical (unpaired) electrons. The van der Waals surface area contributed by atoms with Gasteiger partial charge in [0.2, 0.25) is 5.91 Å². The molecule has 0 aliphatic rings. The Bertz CT molecular complexity index is 189. The number of rotatable bonds is 11. The van der Waals surface area contributed by atoms with Gasteiger partial charge >= 0.3 is 0 Å². The Labute approximate surface area is 106 Å². The van der Waals surface area contributed by atoms with Gasteiger partial charge in [0.15, 0.2) is 0 Å². The van der Waals surface area contributed by atoms with E-state index in [0.717, 1.165) is 26.1 Å². The van der Waals surface area contributed by atoms with Crippen LogP contribution in [0.2, 0.25) is 0 Å². The van der Waals surface area contributed by atoms with Crippen molar-refractivity contribution in [1.29, 1.82) is 0 Å². The van der Waals surface area contributed by atoms with Gasteiger partial charge < -0.3 is 16.0 Å². The first-order valence-corrected chi connectivity index (χ1v) is 6.84. The second-order valence-corrected chi connectivity index (χ2v) is 4.58. The fourth-order valence-corrected chi connectivity index (χ4v) is 1.84. The van der Waals surface area contributed by atoms with E-state index >= 15 is 0 Å². The molecule has 0 saturated carbocycles. The average Bonchev–Trinajstić information content (AvgIpc) is 2.31. The van der Waals surface area contributed by atoms with E-state index in [4.69, 9.17) is 5.73 Å². The van der Waals surface area contributed by atoms with E-state index in [2.05, 4.69) is 24.1 Å². The molecule has 1 amide bonds. The van der Waals surface area contributed by atoms with Crippen molar-refractivity contribution in [1.82, 2.24) is 10.2 Å². The van der Waals surface area contributed by atoms with Gasteiger partial charge in [0.1, 0.15) is 0 Å². The molecule has 0 aromatic rings. The van der Waals surface area contributed by atoms with Crippen LogP contribution < -0.4 is 11.1 Å². The average molecular weight is 243 g/mol. The van der Waals surface area contributed by atoms with E-state index in [1.807, 2.05) is 0 Å². The predicted octanol–water partition coefficient (Wildman–Crippen LogP) is 1.35. The Kier molecular flexibility index (Phi) is 10.2. The third-order valence-electron chi connectivity index (χ3n) is 3.08. The van der Waals surface area contributed by atoms with Crippen molar-refractivity contribution in [2.75, 3.05) is 26.7 Å². The molecule has 0 saturated heterocycles. The fraction of sp³-hybridized carbons (Fsp3) is 0.923. The van der Waals surface area contributed by atoms with Crippen molar-refractivity contribution in [3.8, 4) is 0 Å². The molecule has 3 N–H and O–H groups in total. The molecule has 0 fully saturated rings. The van der Waals surface area contributed by atoms with Crippen LogP contribution in [0.15, 0.2) is 0 Å². The van der Waals surface area contributed by atoms with E-state index in [-0.39, 0.29) is 11.9 Å². The lowest BCUT2D eigenvalue weighted by Crippen LogP contribution is -2.42. The first kappa shape index (κ1) is 16.4. The van der Waals surface area contributed by atoms with Gasteiger partial charge in [-0.15, -0.1) is 0 Å². The van der Waals surface area contributed by atoms with Crippen LogP contribution in [-0.4, -0.2) is 43.5 Å². The number of unbranched alkanes of at least 4 members (excludes halogenated alkanes) is 2. The highest BCUT2D eigenvalue weighted by Crippen LogP contribution is 2.02. The second kappa shape index (κ2) is 10.5. The number of carbonyl (C=O) groups excluding carboxylic acids is 1. The van der Waals surface area contributed by atoms with Gasteiger partial charge in [0.25, 0.3) is 0 Å². The number of hydrogen-bond acceptors (Lipinski definition) is 3. The number of nitrogens with two attached hydrogens (primary N) is 1. The molecule has 4 heteroatoms. The first-order valence-electron chi connectivity index (χ1n) is 6.84. The molecular weight excluding hydrogens is 214 g/mol. The number of likely N-dealkylation sites (N-methyl/N-ethyl adjacent to an activating group) is 1. The van der Waals surface area contributed by atoms with Crippen LogP contribution in [0, 0.1) is 0 Å². The summed E-state index contributed by atoms with van der Waals surface area (Å²) in [5, 5.41) is 2.97. The summed E-state index contributed by atoms with van der Waals surface area (Å²) < 4.78 is 0. The molecule has 0 bridgehead atoms. The molecule has 17 heavy (non-hydrogen) atoms. The Morgan fingerprint density at radius 1 is 1.18 bits per heavy atom. The number of nitrogens with zero attached hydrogens (tertiary/aromatic N) is 1. The van der Waals surface area contributed by atoms with E-state index in [9.17, 15) is 4.79 Å². The van der Waals surface area contributed by atoms with Crippen LogP contribution in [0.1, 0.15) is 46.0 Å². The van der Waals surface area contributed by atoms with E-state index in [0.29, 0.717) is 0 Å². The van der Waals surface area contributed by atoms with Gasteiger partial charge in [-0.3, -0.25) is 4.79 Å². The SMILES string of the molecule is CCCCN(CCCC)CCC(NC)C(N)=O. The topological polar surface area (TPSA) is 58.4 Å². The maximum absolute atomic E-state index is 11.1. The standard InChI is InChI=1S/C13H29N3O/c1-4-6-9-16(10-7-5-2)11-8-12(15-3)13(14)17/h12,15H,4-11H2,1-3H3,(H2,14,17). The lowest BCUT2D eigenvalue weighted by Gasteiger charge is -2.23. The summed E-state index contributed by atoms with van der Waals surface area (Å²) in [5.74, 6) is -0.251. The second-order valence-electron chi connectivity index (χ2n) is 4.58. The van der Waals surface area contributed by atoms with Gasteiger partial charge in [-0.25, -0.2) is 0 Å². The van der Waals surface area contributed by atoms with Gasteiger partial charge in [-0.2, -0.15) is 0 Å². The Hall–Kier alpha value is -0.610. The molecule has 0 rings (SSSR count). The van der Waals surface area contributed by atoms with Crippen molar-refractivity contribution in [3.05, 3.63) is 0 Å². The maximum atomic E-state index is 11.1. The summed E-state index contributed by atoms with van der Waals surface area (Å²) in [7, 11) is 1.79. The third kappa shape index (κ3) is 8.16. The highest BCUT2D eigenvalue weighted by molar-refractivity contribution is 5.79. The Morgan fingerprint density at radius 3 is 2.06 bits per heavy atom. The molecule has 0 aliphatic carbocycles. The molecule has 1 atom stereocenters. The summed E-state index contributed by atoms with van der Waals surface area (Å²) in [5.41, 5.74) is 5.31. The van der Waals surface area contributed by atoms with E-state index in [1.165, 1.54) is 25.7 Å². The largest absolute Gasteiger partial charge is 0.368 e. The van der Waals surface area contributed by atoms with Crippen LogP contribution in [0.3, 0.4) is 0 Å². The summed E-state index contributed by atoms with van der Waals surface area (Å²) in [6.07, 6.45) is 5.69. The minimum Gasteiger partial charge on any atom is -0.368 e. The minimum atomic E-state index is -0.251. The molecule has 0 heterocycles. The van der Waals surface area contributed by atoms with Crippen molar-refractivity contribution in [2.24, 2.45) is 5.73 Å². The van der Waals surface area contributed by atoms with Crippen LogP contribution in [0.25, 0.3) is 0 Å². The monoisotopic (exact) mass is 243 g/mol. The zero-order valence-corrected chi connectivity index (χ0v) is 11.7. The highest BCUT2D eigenvalue weighted by atomic mass is 16.1. The zero-order chi connectivity index (χ0) is 13.1. The van der Waals surface area contributed by atoms with Crippen molar-refractivity contribution in [3.63, 3.8) is 0 Å². The van der Waals surface area contributed by atoms with Gasteiger partial charge in [0, 0.05) is 6.54 Å². The van der Waals surface area contributed by atoms with Gasteiger partial charge in [-0.1, -0.05) is 26.7 Å². The van der Waals surface area contributed by atoms with Gasteiger partial charge in [0.05, 0.1) is 6.04 Å². The fourth-order valence-electron chi connectivity index (χ4n) is 1.84. The zero-order valence-electron chi connectivity index (χ0n) is 11.7. The molecule has 0 aliphatic heterocycles. The number of hydrogen-bond donors (Lipinski definition) is 2. The maximum Gasteiger partial charge on any atom is 0.234 e. The van der Waals surface area contributed by atoms with Crippen LogP contribution in [-0.2, 0) is 4.79 Å². The van der Waals surface area contributed by atoms with Crippen molar-refractivity contribution >= 4 is 5.91 Å². The molecule has 102 valence electrons. The van der Waals surface area contributed by atoms with Crippen LogP contribution >= 0.6 is 0 Å². The minimum absolute atomic E-state index is 0.194. The normalized spacial score (nSPS) is 12.9. The molecule has 4 nitrogen and oxygen atoms in total. The molecule has 0 aromatic heterocycles. The molecule has 0 spiro atoms. The van der Waals surface area contributed by atoms with E-state index in [1.54, 1.807) is 7.05 Å². The number of primary amides is 1. The van der Waals surface area contributed by atoms with Crippen molar-refractivity contribution in [2.45, 2.75) is 52.0 Å². The highest BCUT2D eigenvalue weighted by Gasteiger charge is 2.14. The Balaban J connectivity index is 3.98. The number of nitrogens with one attached hydrogen (secondary N) is 1. The lowest BCUT2D eigenvalue weighted by atomic mass is 10.1. The van der Waals surface area contributed by atoms with Gasteiger partial charge in [-0.05, 0) is 39.4 Å². The smallest absolute Gasteiger partial charge is 0.234 e. The molecular formula is C13H29N3O. The van der Waals surface area contributed by atoms with Crippen LogP contribution in [0.5, 0.6) is 0 Å². The third-order valence-corrected chi connectivity index (χ3v) is 3.08. The quantitative estimate of drug-likeness (QED) is 0.576. The lowest BCUT2D eigenvalue weighted by molar-refractivity contribution is -0.120. The first-order chi connectivity index (χ1) is 8.15. The predicted molar refractivity (Wildman–Crippen MR) is 72.9 cm³/mol. The number of carbonyl (C=O) groups is 1. The number of amides is 1. The van der Waals surface area contributed by atoms with Crippen molar-refractivity contribution < 1.29 is 4.79 Å².